The number of nitrogens with two attached hydrogens (primary N) is 1. The predicted molar refractivity (Wildman–Crippen MR) is 149 cm³/mol. The minimum absolute atomic E-state index is 0.294. The van der Waals surface area contributed by atoms with Gasteiger partial charge in [0.1, 0.15) is 27.0 Å². The number of methoxy groups -OCH3 is 3. The molecule has 2 heterocycles. The Labute approximate surface area is 218 Å². The fourth-order valence-electron chi connectivity index (χ4n) is 4.06. The third-order valence-electron chi connectivity index (χ3n) is 6.04. The summed E-state index contributed by atoms with van der Waals surface area (Å²) in [4.78, 5) is 19.2. The number of fused-ring (bicyclic) bond motifs is 1. The van der Waals surface area contributed by atoms with Gasteiger partial charge in [0, 0.05) is 16.6 Å². The van der Waals surface area contributed by atoms with Gasteiger partial charge in [-0.25, -0.2) is 4.98 Å². The summed E-state index contributed by atoms with van der Waals surface area (Å²) >= 11 is 1.27. The number of nitrogens with zero attached hydrogens (tertiary/aromatic N) is 1. The van der Waals surface area contributed by atoms with Gasteiger partial charge >= 0.3 is 0 Å². The van der Waals surface area contributed by atoms with Crippen molar-refractivity contribution >= 4 is 38.8 Å². The quantitative estimate of drug-likeness (QED) is 0.259. The highest BCUT2D eigenvalue weighted by Gasteiger charge is 2.22. The van der Waals surface area contributed by atoms with E-state index in [2.05, 4.69) is 5.32 Å². The van der Waals surface area contributed by atoms with Gasteiger partial charge in [0.2, 0.25) is 0 Å². The van der Waals surface area contributed by atoms with Crippen LogP contribution in [0, 0.1) is 0 Å². The van der Waals surface area contributed by atoms with Gasteiger partial charge < -0.3 is 25.3 Å². The Morgan fingerprint density at radius 3 is 1.84 bits per heavy atom. The molecule has 0 radical (unpaired) electrons. The first-order valence-electron chi connectivity index (χ1n) is 11.5. The number of hydrogen-bond acceptors (Lipinski definition) is 7. The second-order valence-corrected chi connectivity index (χ2v) is 9.22. The molecule has 0 saturated carbocycles. The third kappa shape index (κ3) is 4.79. The Morgan fingerprint density at radius 2 is 1.30 bits per heavy atom. The van der Waals surface area contributed by atoms with Crippen molar-refractivity contribution in [2.24, 2.45) is 0 Å². The van der Waals surface area contributed by atoms with Gasteiger partial charge in [-0.3, -0.25) is 4.79 Å². The molecule has 8 heteroatoms. The van der Waals surface area contributed by atoms with E-state index in [0.29, 0.717) is 26.8 Å². The summed E-state index contributed by atoms with van der Waals surface area (Å²) < 4.78 is 15.8. The standard InChI is InChI=1S/C29H25N3O4S/c1-34-20-10-4-17(5-11-20)23-16-24(18-6-12-21(35-2)13-7-18)32-29-25(23)26(30)27(37-29)28(33)31-19-8-14-22(36-3)15-9-19/h4-16H,30H2,1-3H3,(H,31,33). The van der Waals surface area contributed by atoms with Gasteiger partial charge in [0.15, 0.2) is 0 Å². The fraction of sp³-hybridized carbons (Fsp3) is 0.103. The first-order chi connectivity index (χ1) is 18.0. The minimum atomic E-state index is -0.294. The summed E-state index contributed by atoms with van der Waals surface area (Å²) in [5, 5.41) is 3.67. The second kappa shape index (κ2) is 10.2. The molecule has 0 saturated heterocycles. The summed E-state index contributed by atoms with van der Waals surface area (Å²) in [5.41, 5.74) is 11.2. The molecule has 3 N–H and O–H groups in total. The Balaban J connectivity index is 1.62. The summed E-state index contributed by atoms with van der Waals surface area (Å²) in [5.74, 6) is 1.93. The number of rotatable bonds is 7. The monoisotopic (exact) mass is 511 g/mol. The molecular weight excluding hydrogens is 486 g/mol. The number of nitrogens with one attached hydrogen (secondary N) is 1. The maximum Gasteiger partial charge on any atom is 0.267 e. The van der Waals surface area contributed by atoms with Crippen molar-refractivity contribution in [2.75, 3.05) is 32.4 Å². The zero-order valence-electron chi connectivity index (χ0n) is 20.6. The molecule has 3 aromatic carbocycles. The second-order valence-electron chi connectivity index (χ2n) is 8.22. The number of thiophene rings is 1. The van der Waals surface area contributed by atoms with Crippen molar-refractivity contribution in [2.45, 2.75) is 0 Å². The molecule has 0 bridgehead atoms. The summed E-state index contributed by atoms with van der Waals surface area (Å²) in [6.45, 7) is 0. The first kappa shape index (κ1) is 24.1. The van der Waals surface area contributed by atoms with Gasteiger partial charge in [0.05, 0.1) is 32.7 Å². The van der Waals surface area contributed by atoms with E-state index in [1.807, 2.05) is 54.6 Å². The molecule has 0 fully saturated rings. The number of nitrogen functional groups attached to an aromatic ring is 1. The average molecular weight is 512 g/mol. The lowest BCUT2D eigenvalue weighted by atomic mass is 9.99. The average Bonchev–Trinajstić information content (AvgIpc) is 3.29. The van der Waals surface area contributed by atoms with Gasteiger partial charge in [-0.15, -0.1) is 11.3 Å². The van der Waals surface area contributed by atoms with E-state index < -0.39 is 0 Å². The van der Waals surface area contributed by atoms with Crippen LogP contribution in [-0.2, 0) is 0 Å². The Bertz CT molecular complexity index is 1560. The van der Waals surface area contributed by atoms with Gasteiger partial charge in [0.25, 0.3) is 5.91 Å². The van der Waals surface area contributed by atoms with E-state index in [-0.39, 0.29) is 5.91 Å². The normalized spacial score (nSPS) is 10.8. The van der Waals surface area contributed by atoms with Crippen molar-refractivity contribution in [3.8, 4) is 39.6 Å². The molecule has 0 aliphatic carbocycles. The van der Waals surface area contributed by atoms with Crippen LogP contribution in [0.25, 0.3) is 32.6 Å². The molecule has 0 unspecified atom stereocenters. The Morgan fingerprint density at radius 1 is 0.784 bits per heavy atom. The van der Waals surface area contributed by atoms with Crippen LogP contribution < -0.4 is 25.3 Å². The van der Waals surface area contributed by atoms with Crippen molar-refractivity contribution in [1.29, 1.82) is 0 Å². The molecule has 7 nitrogen and oxygen atoms in total. The minimum Gasteiger partial charge on any atom is -0.497 e. The molecule has 5 rings (SSSR count). The van der Waals surface area contributed by atoms with Crippen LogP contribution in [0.3, 0.4) is 0 Å². The maximum atomic E-state index is 13.2. The SMILES string of the molecule is COc1ccc(NC(=O)c2sc3nc(-c4ccc(OC)cc4)cc(-c4ccc(OC)cc4)c3c2N)cc1. The zero-order chi connectivity index (χ0) is 25.9. The lowest BCUT2D eigenvalue weighted by molar-refractivity contribution is 0.103. The van der Waals surface area contributed by atoms with E-state index in [1.54, 1.807) is 45.6 Å². The first-order valence-corrected chi connectivity index (χ1v) is 12.3. The van der Waals surface area contributed by atoms with Crippen molar-refractivity contribution in [3.63, 3.8) is 0 Å². The highest BCUT2D eigenvalue weighted by molar-refractivity contribution is 7.21. The third-order valence-corrected chi connectivity index (χ3v) is 7.14. The largest absolute Gasteiger partial charge is 0.497 e. The van der Waals surface area contributed by atoms with Gasteiger partial charge in [-0.1, -0.05) is 12.1 Å². The lowest BCUT2D eigenvalue weighted by Gasteiger charge is -2.10. The topological polar surface area (TPSA) is 95.7 Å². The lowest BCUT2D eigenvalue weighted by Crippen LogP contribution is -2.11. The number of aromatic nitrogens is 1. The molecule has 2 aromatic heterocycles. The Hall–Kier alpha value is -4.56. The summed E-state index contributed by atoms with van der Waals surface area (Å²) in [7, 11) is 4.86. The Kier molecular flexibility index (Phi) is 6.66. The molecule has 37 heavy (non-hydrogen) atoms. The van der Waals surface area contributed by atoms with Crippen LogP contribution in [0.2, 0.25) is 0 Å². The maximum absolute atomic E-state index is 13.2. The highest BCUT2D eigenvalue weighted by Crippen LogP contribution is 2.42. The van der Waals surface area contributed by atoms with Crippen LogP contribution in [-0.4, -0.2) is 32.2 Å². The van der Waals surface area contributed by atoms with E-state index >= 15 is 0 Å². The fourth-order valence-corrected chi connectivity index (χ4v) is 5.07. The number of anilines is 2. The van der Waals surface area contributed by atoms with Gasteiger partial charge in [-0.2, -0.15) is 0 Å². The molecule has 0 aliphatic rings. The van der Waals surface area contributed by atoms with Crippen LogP contribution in [0.1, 0.15) is 9.67 Å². The van der Waals surface area contributed by atoms with Crippen LogP contribution in [0.5, 0.6) is 17.2 Å². The molecule has 186 valence electrons. The van der Waals surface area contributed by atoms with Crippen LogP contribution >= 0.6 is 11.3 Å². The molecule has 0 atom stereocenters. The number of ether oxygens (including phenoxy) is 3. The number of hydrogen-bond donors (Lipinski definition) is 2. The molecule has 1 amide bonds. The van der Waals surface area contributed by atoms with E-state index in [4.69, 9.17) is 24.9 Å². The number of pyridine rings is 1. The predicted octanol–water partition coefficient (Wildman–Crippen LogP) is 6.49. The van der Waals surface area contributed by atoms with Crippen LogP contribution in [0.4, 0.5) is 11.4 Å². The van der Waals surface area contributed by atoms with E-state index in [0.717, 1.165) is 39.3 Å². The van der Waals surface area contributed by atoms with Crippen LogP contribution in [0.15, 0.2) is 78.9 Å². The number of carbonyl (C=O) groups excluding carboxylic acids is 1. The van der Waals surface area contributed by atoms with Crippen molar-refractivity contribution < 1.29 is 19.0 Å². The van der Waals surface area contributed by atoms with Gasteiger partial charge in [-0.05, 0) is 77.9 Å². The van der Waals surface area contributed by atoms with Crippen molar-refractivity contribution in [1.82, 2.24) is 4.98 Å². The van der Waals surface area contributed by atoms with E-state index in [1.165, 1.54) is 11.3 Å². The molecule has 0 spiro atoms. The number of amides is 1. The van der Waals surface area contributed by atoms with Crippen molar-refractivity contribution in [3.05, 3.63) is 83.7 Å². The molecule has 0 aliphatic heterocycles. The highest BCUT2D eigenvalue weighted by atomic mass is 32.1. The zero-order valence-corrected chi connectivity index (χ0v) is 21.4. The molecular formula is C29H25N3O4S. The number of carbonyl (C=O) groups is 1. The van der Waals surface area contributed by atoms with E-state index in [9.17, 15) is 4.79 Å². The molecule has 5 aromatic rings. The smallest absolute Gasteiger partial charge is 0.267 e. The number of benzene rings is 3. The summed E-state index contributed by atoms with van der Waals surface area (Å²) in [6, 6.07) is 24.6. The summed E-state index contributed by atoms with van der Waals surface area (Å²) in [6.07, 6.45) is 0.